The lowest BCUT2D eigenvalue weighted by molar-refractivity contribution is -0.673. The number of benzene rings is 4. The molecule has 0 saturated heterocycles. The van der Waals surface area contributed by atoms with Gasteiger partial charge in [0, 0.05) is 76.7 Å². The SMILES string of the molecule is CN(C)c1ccc(/C=C/c2sc3ccccc3[n+]2CCCCC[n+]2c(/C=C/c3ccc(N(C)C)cc3)sc3ccccc32)cc1.[I-].[I-]. The highest BCUT2D eigenvalue weighted by molar-refractivity contribution is 7.19. The van der Waals surface area contributed by atoms with Crippen LogP contribution in [0.4, 0.5) is 11.4 Å². The monoisotopic (exact) mass is 884 g/mol. The first-order valence-electron chi connectivity index (χ1n) is 15.7. The van der Waals surface area contributed by atoms with E-state index in [1.807, 2.05) is 22.7 Å². The van der Waals surface area contributed by atoms with E-state index < -0.39 is 0 Å². The normalized spacial score (nSPS) is 11.3. The number of aryl methyl sites for hydroxylation is 2. The third kappa shape index (κ3) is 9.22. The minimum atomic E-state index is 0. The first-order chi connectivity index (χ1) is 22.0. The predicted molar refractivity (Wildman–Crippen MR) is 197 cm³/mol. The van der Waals surface area contributed by atoms with Crippen LogP contribution in [0, 0.1) is 0 Å². The van der Waals surface area contributed by atoms with Crippen LogP contribution in [0.2, 0.25) is 0 Å². The first-order valence-corrected chi connectivity index (χ1v) is 17.3. The fraction of sp³-hybridized carbons (Fsp3) is 0.231. The molecule has 0 fully saturated rings. The molecule has 8 heteroatoms. The van der Waals surface area contributed by atoms with Gasteiger partial charge in [0.1, 0.15) is 9.40 Å². The van der Waals surface area contributed by atoms with Crippen LogP contribution >= 0.6 is 22.7 Å². The van der Waals surface area contributed by atoms with Gasteiger partial charge in [0.2, 0.25) is 11.0 Å². The Morgan fingerprint density at radius 3 is 1.26 bits per heavy atom. The van der Waals surface area contributed by atoms with Crippen LogP contribution in [0.3, 0.4) is 0 Å². The van der Waals surface area contributed by atoms with Gasteiger partial charge in [-0.15, -0.1) is 0 Å². The van der Waals surface area contributed by atoms with Crippen LogP contribution in [0.25, 0.3) is 44.7 Å². The Balaban J connectivity index is 0.00000250. The van der Waals surface area contributed by atoms with Crippen LogP contribution < -0.4 is 66.9 Å². The van der Waals surface area contributed by atoms with Crippen molar-refractivity contribution < 1.29 is 57.1 Å². The standard InChI is InChI=1S/C39H42N4S2.2HI/c1-40(2)32-22-16-30(17-23-32)20-26-38-42(34-12-6-8-14-36(34)44-38)28-10-5-11-29-43-35-13-7-9-15-37(35)45-39(43)27-21-31-18-24-33(25-19-31)41(3)4;;/h6-9,12-27H,5,10-11,28-29H2,1-4H3;2*1H/q+2;;/p-2. The van der Waals surface area contributed by atoms with Crippen molar-refractivity contribution in [2.45, 2.75) is 32.4 Å². The number of hydrogen-bond acceptors (Lipinski definition) is 4. The number of fused-ring (bicyclic) bond motifs is 2. The van der Waals surface area contributed by atoms with E-state index in [-0.39, 0.29) is 48.0 Å². The molecule has 0 spiro atoms. The summed E-state index contributed by atoms with van der Waals surface area (Å²) in [5.74, 6) is 0. The summed E-state index contributed by atoms with van der Waals surface area (Å²) < 4.78 is 7.70. The second-order valence-corrected chi connectivity index (χ2v) is 13.9. The minimum Gasteiger partial charge on any atom is -1.00 e. The molecule has 4 aromatic carbocycles. The van der Waals surface area contributed by atoms with Gasteiger partial charge in [0.05, 0.1) is 0 Å². The zero-order valence-corrected chi connectivity index (χ0v) is 33.4. The van der Waals surface area contributed by atoms with Gasteiger partial charge in [-0.3, -0.25) is 0 Å². The van der Waals surface area contributed by atoms with E-state index in [4.69, 9.17) is 0 Å². The van der Waals surface area contributed by atoms with E-state index in [0.29, 0.717) is 0 Å². The summed E-state index contributed by atoms with van der Waals surface area (Å²) in [6.45, 7) is 2.04. The Morgan fingerprint density at radius 1 is 0.489 bits per heavy atom. The fourth-order valence-corrected chi connectivity index (χ4v) is 7.82. The summed E-state index contributed by atoms with van der Waals surface area (Å²) in [6.07, 6.45) is 12.5. The smallest absolute Gasteiger partial charge is 0.262 e. The van der Waals surface area contributed by atoms with Crippen molar-refractivity contribution in [1.29, 1.82) is 0 Å². The van der Waals surface area contributed by atoms with E-state index in [1.54, 1.807) is 0 Å². The summed E-state index contributed by atoms with van der Waals surface area (Å²) in [4.78, 5) is 4.27. The Bertz CT molecular complexity index is 1800. The molecule has 0 aliphatic heterocycles. The second-order valence-electron chi connectivity index (χ2n) is 11.8. The molecule has 0 unspecified atom stereocenters. The van der Waals surface area contributed by atoms with E-state index in [0.717, 1.165) is 25.9 Å². The molecule has 2 aromatic heterocycles. The number of unbranched alkanes of at least 4 members (excludes halogenated alkanes) is 2. The molecular weight excluding hydrogens is 842 g/mol. The summed E-state index contributed by atoms with van der Waals surface area (Å²) in [5.41, 5.74) is 7.54. The molecule has 4 nitrogen and oxygen atoms in total. The maximum atomic E-state index is 2.51. The van der Waals surface area contributed by atoms with Crippen molar-refractivity contribution >= 4 is 78.8 Å². The lowest BCUT2D eigenvalue weighted by Gasteiger charge is -2.11. The third-order valence-corrected chi connectivity index (χ3v) is 10.5. The number of hydrogen-bond donors (Lipinski definition) is 0. The largest absolute Gasteiger partial charge is 1.00 e. The molecule has 0 atom stereocenters. The zero-order chi connectivity index (χ0) is 31.2. The van der Waals surface area contributed by atoms with Gasteiger partial charge in [-0.2, -0.15) is 9.13 Å². The molecule has 6 rings (SSSR count). The lowest BCUT2D eigenvalue weighted by Crippen LogP contribution is -3.00. The summed E-state index contributed by atoms with van der Waals surface area (Å²) in [6, 6.07) is 35.1. The lowest BCUT2D eigenvalue weighted by atomic mass is 10.2. The van der Waals surface area contributed by atoms with E-state index in [9.17, 15) is 0 Å². The van der Waals surface area contributed by atoms with Crippen molar-refractivity contribution in [3.8, 4) is 0 Å². The Labute approximate surface area is 321 Å². The number of nitrogens with zero attached hydrogens (tertiary/aromatic N) is 4. The first kappa shape index (κ1) is 37.0. The van der Waals surface area contributed by atoms with Gasteiger partial charge >= 0.3 is 0 Å². The van der Waals surface area contributed by atoms with Gasteiger partial charge in [-0.05, 0) is 66.1 Å². The number of thiazole rings is 2. The third-order valence-electron chi connectivity index (χ3n) is 8.19. The van der Waals surface area contributed by atoms with Crippen LogP contribution in [0.15, 0.2) is 97.1 Å². The quantitative estimate of drug-likeness (QED) is 0.107. The topological polar surface area (TPSA) is 14.2 Å². The maximum Gasteiger partial charge on any atom is 0.262 e. The highest BCUT2D eigenvalue weighted by Crippen LogP contribution is 2.25. The van der Waals surface area contributed by atoms with Crippen LogP contribution in [0.5, 0.6) is 0 Å². The predicted octanol–water partition coefficient (Wildman–Crippen LogP) is 3.04. The summed E-state index contributed by atoms with van der Waals surface area (Å²) in [5, 5.41) is 2.61. The number of rotatable bonds is 12. The molecule has 0 radical (unpaired) electrons. The maximum absolute atomic E-state index is 2.51. The van der Waals surface area contributed by atoms with Gasteiger partial charge in [-0.25, -0.2) is 0 Å². The number of aromatic nitrogens is 2. The van der Waals surface area contributed by atoms with Gasteiger partial charge in [0.15, 0.2) is 13.1 Å². The number of para-hydroxylation sites is 2. The van der Waals surface area contributed by atoms with Crippen molar-refractivity contribution in [2.24, 2.45) is 0 Å². The molecule has 0 amide bonds. The average Bonchev–Trinajstić information content (AvgIpc) is 3.60. The van der Waals surface area contributed by atoms with Gasteiger partial charge < -0.3 is 57.8 Å². The second kappa shape index (κ2) is 17.6. The average molecular weight is 885 g/mol. The Hall–Kier alpha value is -2.80. The molecule has 0 aliphatic rings. The summed E-state index contributed by atoms with van der Waals surface area (Å²) >= 11 is 3.75. The van der Waals surface area contributed by atoms with E-state index in [1.165, 1.54) is 59.4 Å². The van der Waals surface area contributed by atoms with Gasteiger partial charge in [0.25, 0.3) is 10.0 Å². The van der Waals surface area contributed by atoms with Crippen LogP contribution in [-0.4, -0.2) is 28.2 Å². The minimum absolute atomic E-state index is 0. The highest BCUT2D eigenvalue weighted by atomic mass is 127. The van der Waals surface area contributed by atoms with E-state index >= 15 is 0 Å². The molecule has 6 aromatic rings. The van der Waals surface area contributed by atoms with E-state index in [2.05, 4.69) is 168 Å². The van der Waals surface area contributed by atoms with Gasteiger partial charge in [-0.1, -0.05) is 71.2 Å². The number of anilines is 2. The Morgan fingerprint density at radius 2 is 0.872 bits per heavy atom. The number of halogens is 2. The zero-order valence-electron chi connectivity index (χ0n) is 27.4. The molecule has 0 saturated carbocycles. The summed E-state index contributed by atoms with van der Waals surface area (Å²) in [7, 11) is 8.31. The molecule has 0 aliphatic carbocycles. The molecular formula is C39H42I2N4S2. The molecule has 2 heterocycles. The molecule has 244 valence electrons. The van der Waals surface area contributed by atoms with Crippen LogP contribution in [0.1, 0.15) is 40.4 Å². The highest BCUT2D eigenvalue weighted by Gasteiger charge is 2.20. The molecule has 0 N–H and O–H groups in total. The Kier molecular flexibility index (Phi) is 13.8. The fourth-order valence-electron chi connectivity index (χ4n) is 5.63. The molecule has 47 heavy (non-hydrogen) atoms. The molecule has 0 bridgehead atoms. The van der Waals surface area contributed by atoms with Crippen molar-refractivity contribution in [3.05, 3.63) is 118 Å². The van der Waals surface area contributed by atoms with Crippen molar-refractivity contribution in [1.82, 2.24) is 0 Å². The van der Waals surface area contributed by atoms with Crippen molar-refractivity contribution in [3.63, 3.8) is 0 Å². The van der Waals surface area contributed by atoms with Crippen molar-refractivity contribution in [2.75, 3.05) is 38.0 Å². The van der Waals surface area contributed by atoms with Crippen LogP contribution in [-0.2, 0) is 13.1 Å².